The van der Waals surface area contributed by atoms with Gasteiger partial charge < -0.3 is 18.3 Å². The summed E-state index contributed by atoms with van der Waals surface area (Å²) in [4.78, 5) is 5.06. The van der Waals surface area contributed by atoms with E-state index >= 15 is 0 Å². The number of rotatable bonds is 9. The van der Waals surface area contributed by atoms with Crippen LogP contribution >= 0.6 is 0 Å². The number of nitrogens with zero attached hydrogens (tertiary/aromatic N) is 3. The van der Waals surface area contributed by atoms with Crippen molar-refractivity contribution in [3.8, 4) is 11.1 Å². The van der Waals surface area contributed by atoms with Crippen molar-refractivity contribution >= 4 is 54.8 Å². The van der Waals surface area contributed by atoms with Crippen LogP contribution in [0.4, 0.5) is 0 Å². The highest BCUT2D eigenvalue weighted by Gasteiger charge is 2.37. The Hall–Kier alpha value is -4.87. The second-order valence-corrected chi connectivity index (χ2v) is 17.3. The predicted molar refractivity (Wildman–Crippen MR) is 228 cm³/mol. The molecular formula is C50H53N3O2. The third-order valence-corrected chi connectivity index (χ3v) is 13.4. The Kier molecular flexibility index (Phi) is 8.82. The van der Waals surface area contributed by atoms with Gasteiger partial charge in [0.25, 0.3) is 0 Å². The lowest BCUT2D eigenvalue weighted by Crippen LogP contribution is -2.20. The zero-order valence-corrected chi connectivity index (χ0v) is 32.9. The molecule has 2 fully saturated rings. The second-order valence-electron chi connectivity index (χ2n) is 17.3. The Labute approximate surface area is 324 Å². The maximum atomic E-state index is 7.26. The van der Waals surface area contributed by atoms with Gasteiger partial charge in [0.15, 0.2) is 0 Å². The highest BCUT2D eigenvalue weighted by molar-refractivity contribution is 6.13. The molecule has 5 aromatic carbocycles. The summed E-state index contributed by atoms with van der Waals surface area (Å²) in [6, 6.07) is 33.5. The van der Waals surface area contributed by atoms with Crippen LogP contribution in [0.3, 0.4) is 0 Å². The maximum Gasteiger partial charge on any atom is 0.143 e. The van der Waals surface area contributed by atoms with E-state index in [0.29, 0.717) is 31.2 Å². The van der Waals surface area contributed by atoms with E-state index in [1.54, 1.807) is 0 Å². The van der Waals surface area contributed by atoms with E-state index in [1.165, 1.54) is 101 Å². The van der Waals surface area contributed by atoms with Crippen molar-refractivity contribution in [2.24, 2.45) is 11.8 Å². The number of furan rings is 1. The molecule has 8 aromatic rings. The lowest BCUT2D eigenvalue weighted by molar-refractivity contribution is 0.0339. The number of hydrogen-bond acceptors (Lipinski definition) is 3. The molecule has 10 rings (SSSR count). The van der Waals surface area contributed by atoms with Crippen molar-refractivity contribution in [1.29, 1.82) is 0 Å². The van der Waals surface area contributed by atoms with Crippen LogP contribution in [0.1, 0.15) is 114 Å². The van der Waals surface area contributed by atoms with Gasteiger partial charge in [0.1, 0.15) is 24.6 Å². The van der Waals surface area contributed by atoms with Crippen molar-refractivity contribution < 1.29 is 9.15 Å². The average Bonchev–Trinajstić information content (AvgIpc) is 4.01. The van der Waals surface area contributed by atoms with Crippen LogP contribution in [-0.2, 0) is 18.2 Å². The van der Waals surface area contributed by atoms with E-state index in [1.807, 2.05) is 6.33 Å². The number of imidazole rings is 1. The largest absolute Gasteiger partial charge is 0.455 e. The van der Waals surface area contributed by atoms with Crippen molar-refractivity contribution in [3.63, 3.8) is 0 Å². The predicted octanol–water partition coefficient (Wildman–Crippen LogP) is 14.1. The van der Waals surface area contributed by atoms with E-state index in [2.05, 4.69) is 128 Å². The molecule has 5 heteroatoms. The van der Waals surface area contributed by atoms with Crippen LogP contribution in [0.2, 0.25) is 0 Å². The van der Waals surface area contributed by atoms with Crippen LogP contribution in [0.5, 0.6) is 0 Å². The summed E-state index contributed by atoms with van der Waals surface area (Å²) in [5.74, 6) is 3.01. The molecule has 2 saturated carbocycles. The fourth-order valence-electron chi connectivity index (χ4n) is 10.5. The molecule has 0 aliphatic heterocycles. The van der Waals surface area contributed by atoms with E-state index < -0.39 is 0 Å². The van der Waals surface area contributed by atoms with Crippen LogP contribution in [0.25, 0.3) is 65.9 Å². The van der Waals surface area contributed by atoms with Crippen LogP contribution in [0.15, 0.2) is 102 Å². The number of fused-ring (bicyclic) bond motifs is 7. The zero-order valence-electron chi connectivity index (χ0n) is 32.9. The third-order valence-electron chi connectivity index (χ3n) is 13.4. The second kappa shape index (κ2) is 14.0. The SMILES string of the molecule is CC(C)c1cc(-c2cccc3c2ncn3COCn2c3ccccc3c3ccccc32)c2oc3c(C4CCCC4C4CCCCC4)cc(C(C)C)cc3c2c1. The lowest BCUT2D eigenvalue weighted by Gasteiger charge is -2.32. The molecule has 5 nitrogen and oxygen atoms in total. The summed E-state index contributed by atoms with van der Waals surface area (Å²) < 4.78 is 18.1. The van der Waals surface area contributed by atoms with Gasteiger partial charge in [0.2, 0.25) is 0 Å². The average molecular weight is 728 g/mol. The summed E-state index contributed by atoms with van der Waals surface area (Å²) in [6.45, 7) is 10.1. The van der Waals surface area contributed by atoms with Gasteiger partial charge in [-0.1, -0.05) is 121 Å². The van der Waals surface area contributed by atoms with Gasteiger partial charge >= 0.3 is 0 Å². The normalized spacial score (nSPS) is 18.4. The minimum absolute atomic E-state index is 0.373. The fourth-order valence-corrected chi connectivity index (χ4v) is 10.5. The molecule has 0 saturated heterocycles. The van der Waals surface area contributed by atoms with Crippen molar-refractivity contribution in [1.82, 2.24) is 14.1 Å². The standard InChI is InChI=1S/C50H53N3O2/c1-31(2)34-24-41(37-19-12-18-36(37)33-14-6-5-7-15-33)49-43(26-34)44-27-35(32(3)4)25-42(50(44)55-49)40-20-13-23-47-48(40)51-28-52(47)29-54-30-53-45-21-10-8-16-38(45)39-17-9-11-22-46(39)53/h8-11,13,16-17,20-28,31-33,36-37H,5-7,12,14-15,18-19,29-30H2,1-4H3. The zero-order chi connectivity index (χ0) is 37.2. The van der Waals surface area contributed by atoms with Gasteiger partial charge in [0, 0.05) is 32.7 Å². The minimum Gasteiger partial charge on any atom is -0.455 e. The molecule has 0 spiro atoms. The Bertz CT molecular complexity index is 2630. The first-order valence-electron chi connectivity index (χ1n) is 21.0. The van der Waals surface area contributed by atoms with Gasteiger partial charge in [-0.2, -0.15) is 0 Å². The first-order chi connectivity index (χ1) is 26.9. The third kappa shape index (κ3) is 5.89. The van der Waals surface area contributed by atoms with Crippen molar-refractivity contribution in [2.45, 2.75) is 110 Å². The molecule has 55 heavy (non-hydrogen) atoms. The van der Waals surface area contributed by atoms with Crippen LogP contribution in [-0.4, -0.2) is 14.1 Å². The fraction of sp³-hybridized carbons (Fsp3) is 0.380. The van der Waals surface area contributed by atoms with E-state index in [9.17, 15) is 0 Å². The summed E-state index contributed by atoms with van der Waals surface area (Å²) >= 11 is 0. The van der Waals surface area contributed by atoms with Gasteiger partial charge in [-0.25, -0.2) is 4.98 Å². The molecular weight excluding hydrogens is 675 g/mol. The summed E-state index contributed by atoms with van der Waals surface area (Å²) in [5, 5.41) is 5.02. The molecule has 2 aliphatic rings. The first-order valence-corrected chi connectivity index (χ1v) is 21.0. The molecule has 0 radical (unpaired) electrons. The summed E-state index contributed by atoms with van der Waals surface area (Å²) in [7, 11) is 0. The summed E-state index contributed by atoms with van der Waals surface area (Å²) in [5.41, 5.74) is 13.0. The number of para-hydroxylation sites is 3. The monoisotopic (exact) mass is 727 g/mol. The Balaban J connectivity index is 1.06. The molecule has 0 amide bonds. The van der Waals surface area contributed by atoms with E-state index in [-0.39, 0.29) is 0 Å². The number of ether oxygens (including phenoxy) is 1. The first kappa shape index (κ1) is 34.6. The van der Waals surface area contributed by atoms with Crippen molar-refractivity contribution in [2.75, 3.05) is 0 Å². The molecule has 0 N–H and O–H groups in total. The maximum absolute atomic E-state index is 7.26. The van der Waals surface area contributed by atoms with Crippen molar-refractivity contribution in [3.05, 3.63) is 114 Å². The lowest BCUT2D eigenvalue weighted by atomic mass is 9.73. The molecule has 3 heterocycles. The Morgan fingerprint density at radius 2 is 1.31 bits per heavy atom. The molecule has 280 valence electrons. The highest BCUT2D eigenvalue weighted by Crippen LogP contribution is 2.51. The highest BCUT2D eigenvalue weighted by atomic mass is 16.5. The van der Waals surface area contributed by atoms with E-state index in [4.69, 9.17) is 14.1 Å². The van der Waals surface area contributed by atoms with Gasteiger partial charge in [-0.3, -0.25) is 0 Å². The van der Waals surface area contributed by atoms with E-state index in [0.717, 1.165) is 45.2 Å². The van der Waals surface area contributed by atoms with Gasteiger partial charge in [-0.05, 0) is 95.5 Å². The number of hydrogen-bond donors (Lipinski definition) is 0. The van der Waals surface area contributed by atoms with Crippen LogP contribution < -0.4 is 0 Å². The van der Waals surface area contributed by atoms with Crippen LogP contribution in [0, 0.1) is 11.8 Å². The topological polar surface area (TPSA) is 45.1 Å². The number of benzene rings is 5. The number of aromatic nitrogens is 3. The smallest absolute Gasteiger partial charge is 0.143 e. The quantitative estimate of drug-likeness (QED) is 0.149. The Morgan fingerprint density at radius 3 is 2.04 bits per heavy atom. The molecule has 2 unspecified atom stereocenters. The molecule has 3 aromatic heterocycles. The molecule has 2 aliphatic carbocycles. The molecule has 2 atom stereocenters. The molecule has 0 bridgehead atoms. The van der Waals surface area contributed by atoms with Gasteiger partial charge in [-0.15, -0.1) is 0 Å². The summed E-state index contributed by atoms with van der Waals surface area (Å²) in [6.07, 6.45) is 12.9. The minimum atomic E-state index is 0.373. The Morgan fingerprint density at radius 1 is 0.636 bits per heavy atom. The van der Waals surface area contributed by atoms with Gasteiger partial charge in [0.05, 0.1) is 28.4 Å².